The van der Waals surface area contributed by atoms with Crippen molar-refractivity contribution in [1.29, 1.82) is 5.26 Å². The van der Waals surface area contributed by atoms with Crippen LogP contribution >= 0.6 is 0 Å². The summed E-state index contributed by atoms with van der Waals surface area (Å²) in [6.07, 6.45) is 7.70. The van der Waals surface area contributed by atoms with Gasteiger partial charge in [-0.05, 0) is 44.9 Å². The lowest BCUT2D eigenvalue weighted by Crippen LogP contribution is -2.54. The maximum atomic E-state index is 11.5. The Balaban J connectivity index is 2.10. The first-order valence-electron chi connectivity index (χ1n) is 8.51. The molecule has 0 radical (unpaired) electrons. The van der Waals surface area contributed by atoms with Crippen molar-refractivity contribution in [2.45, 2.75) is 70.9 Å². The van der Waals surface area contributed by atoms with Crippen molar-refractivity contribution in [2.24, 2.45) is 23.5 Å². The SMILES string of the molecule is CCCC1CCC(C#N)C(N2CC(C(N)=O)CCC2C)C1. The molecule has 0 aromatic heterocycles. The van der Waals surface area contributed by atoms with E-state index in [-0.39, 0.29) is 17.7 Å². The number of nitriles is 1. The van der Waals surface area contributed by atoms with Crippen LogP contribution in [0.15, 0.2) is 0 Å². The number of likely N-dealkylation sites (tertiary alicyclic amines) is 1. The largest absolute Gasteiger partial charge is 0.369 e. The molecule has 4 heteroatoms. The van der Waals surface area contributed by atoms with Crippen LogP contribution in [0.4, 0.5) is 0 Å². The number of hydrogen-bond acceptors (Lipinski definition) is 3. The number of primary amides is 1. The minimum Gasteiger partial charge on any atom is -0.369 e. The van der Waals surface area contributed by atoms with Gasteiger partial charge in [0.25, 0.3) is 0 Å². The van der Waals surface area contributed by atoms with Gasteiger partial charge in [-0.2, -0.15) is 5.26 Å². The second-order valence-electron chi connectivity index (χ2n) is 6.99. The van der Waals surface area contributed by atoms with E-state index in [0.29, 0.717) is 12.1 Å². The highest BCUT2D eigenvalue weighted by molar-refractivity contribution is 5.77. The molecule has 0 aromatic carbocycles. The van der Waals surface area contributed by atoms with E-state index < -0.39 is 0 Å². The average Bonchev–Trinajstić information content (AvgIpc) is 2.47. The van der Waals surface area contributed by atoms with Crippen molar-refractivity contribution in [3.63, 3.8) is 0 Å². The molecule has 2 rings (SSSR count). The molecule has 2 aliphatic rings. The van der Waals surface area contributed by atoms with Crippen LogP contribution in [0.1, 0.15) is 58.8 Å². The lowest BCUT2D eigenvalue weighted by molar-refractivity contribution is -0.124. The van der Waals surface area contributed by atoms with Gasteiger partial charge in [-0.15, -0.1) is 0 Å². The summed E-state index contributed by atoms with van der Waals surface area (Å²) in [6, 6.07) is 3.30. The van der Waals surface area contributed by atoms with E-state index >= 15 is 0 Å². The van der Waals surface area contributed by atoms with E-state index in [0.717, 1.165) is 38.1 Å². The molecule has 2 fully saturated rings. The Labute approximate surface area is 128 Å². The highest BCUT2D eigenvalue weighted by Gasteiger charge is 2.39. The Morgan fingerprint density at radius 2 is 2.10 bits per heavy atom. The van der Waals surface area contributed by atoms with Crippen LogP contribution in [0, 0.1) is 29.1 Å². The van der Waals surface area contributed by atoms with Crippen LogP contribution in [0.2, 0.25) is 0 Å². The van der Waals surface area contributed by atoms with Crippen LogP contribution in [0.25, 0.3) is 0 Å². The minimum atomic E-state index is -0.179. The maximum absolute atomic E-state index is 11.5. The number of carbonyl (C=O) groups is 1. The van der Waals surface area contributed by atoms with E-state index in [9.17, 15) is 10.1 Å². The molecule has 1 aliphatic carbocycles. The van der Waals surface area contributed by atoms with Crippen molar-refractivity contribution in [2.75, 3.05) is 6.54 Å². The first kappa shape index (κ1) is 16.3. The van der Waals surface area contributed by atoms with Gasteiger partial charge in [0.2, 0.25) is 5.91 Å². The fraction of sp³-hybridized carbons (Fsp3) is 0.882. The van der Waals surface area contributed by atoms with E-state index in [1.54, 1.807) is 0 Å². The Morgan fingerprint density at radius 3 is 2.71 bits per heavy atom. The Hall–Kier alpha value is -1.08. The molecular formula is C17H29N3O. The summed E-state index contributed by atoms with van der Waals surface area (Å²) in [5.74, 6) is 0.645. The smallest absolute Gasteiger partial charge is 0.221 e. The summed E-state index contributed by atoms with van der Waals surface area (Å²) < 4.78 is 0. The predicted molar refractivity (Wildman–Crippen MR) is 83.2 cm³/mol. The number of nitrogens with two attached hydrogens (primary N) is 1. The summed E-state index contributed by atoms with van der Waals surface area (Å²) in [6.45, 7) is 5.21. The van der Waals surface area contributed by atoms with Crippen molar-refractivity contribution in [3.05, 3.63) is 0 Å². The number of nitrogens with zero attached hydrogens (tertiary/aromatic N) is 2. The zero-order valence-corrected chi connectivity index (χ0v) is 13.4. The van der Waals surface area contributed by atoms with Gasteiger partial charge in [0.15, 0.2) is 0 Å². The Morgan fingerprint density at radius 1 is 1.33 bits per heavy atom. The number of amides is 1. The number of hydrogen-bond donors (Lipinski definition) is 1. The molecule has 1 saturated heterocycles. The van der Waals surface area contributed by atoms with Gasteiger partial charge >= 0.3 is 0 Å². The molecule has 2 N–H and O–H groups in total. The van der Waals surface area contributed by atoms with Gasteiger partial charge in [-0.3, -0.25) is 9.69 Å². The molecule has 1 heterocycles. The zero-order chi connectivity index (χ0) is 15.4. The number of carbonyl (C=O) groups excluding carboxylic acids is 1. The van der Waals surface area contributed by atoms with Crippen molar-refractivity contribution >= 4 is 5.91 Å². The Kier molecular flexibility index (Phi) is 5.64. The van der Waals surface area contributed by atoms with Gasteiger partial charge in [0, 0.05) is 18.6 Å². The predicted octanol–water partition coefficient (Wildman–Crippen LogP) is 2.68. The highest BCUT2D eigenvalue weighted by atomic mass is 16.1. The summed E-state index contributed by atoms with van der Waals surface area (Å²) in [5.41, 5.74) is 5.52. The molecule has 118 valence electrons. The molecule has 0 aromatic rings. The van der Waals surface area contributed by atoms with Gasteiger partial charge in [0.1, 0.15) is 0 Å². The number of piperidine rings is 1. The van der Waals surface area contributed by atoms with Crippen LogP contribution in [-0.4, -0.2) is 29.4 Å². The average molecular weight is 291 g/mol. The van der Waals surface area contributed by atoms with Gasteiger partial charge in [0.05, 0.1) is 17.9 Å². The maximum Gasteiger partial charge on any atom is 0.221 e. The second kappa shape index (κ2) is 7.26. The van der Waals surface area contributed by atoms with E-state index in [1.807, 2.05) is 0 Å². The third kappa shape index (κ3) is 3.77. The molecule has 5 unspecified atom stereocenters. The monoisotopic (exact) mass is 291 g/mol. The van der Waals surface area contributed by atoms with Crippen molar-refractivity contribution in [3.8, 4) is 6.07 Å². The van der Waals surface area contributed by atoms with Crippen LogP contribution in [0.3, 0.4) is 0 Å². The standard InChI is InChI=1S/C17H29N3O/c1-3-4-13-6-8-14(10-18)16(9-13)20-11-15(17(19)21)7-5-12(20)2/h12-16H,3-9,11H2,1-2H3,(H2,19,21). The van der Waals surface area contributed by atoms with Crippen LogP contribution in [-0.2, 0) is 4.79 Å². The van der Waals surface area contributed by atoms with E-state index in [4.69, 9.17) is 5.73 Å². The topological polar surface area (TPSA) is 70.1 Å². The molecule has 1 aliphatic heterocycles. The van der Waals surface area contributed by atoms with Crippen LogP contribution < -0.4 is 5.73 Å². The van der Waals surface area contributed by atoms with Crippen molar-refractivity contribution in [1.82, 2.24) is 4.90 Å². The molecule has 0 bridgehead atoms. The summed E-state index contributed by atoms with van der Waals surface area (Å²) >= 11 is 0. The van der Waals surface area contributed by atoms with Crippen molar-refractivity contribution < 1.29 is 4.79 Å². The quantitative estimate of drug-likeness (QED) is 0.865. The molecule has 1 amide bonds. The fourth-order valence-electron chi connectivity index (χ4n) is 4.25. The van der Waals surface area contributed by atoms with E-state index in [2.05, 4.69) is 24.8 Å². The Bertz CT molecular complexity index is 403. The first-order chi connectivity index (χ1) is 10.1. The minimum absolute atomic E-state index is 0.0351. The molecular weight excluding hydrogens is 262 g/mol. The number of rotatable bonds is 4. The third-order valence-electron chi connectivity index (χ3n) is 5.55. The first-order valence-corrected chi connectivity index (χ1v) is 8.51. The van der Waals surface area contributed by atoms with Crippen LogP contribution in [0.5, 0.6) is 0 Å². The van der Waals surface area contributed by atoms with Gasteiger partial charge in [-0.1, -0.05) is 19.8 Å². The lowest BCUT2D eigenvalue weighted by atomic mass is 9.75. The normalized spacial score (nSPS) is 37.9. The zero-order valence-electron chi connectivity index (χ0n) is 13.4. The molecule has 0 spiro atoms. The summed E-state index contributed by atoms with van der Waals surface area (Å²) in [4.78, 5) is 14.0. The van der Waals surface area contributed by atoms with Gasteiger partial charge in [-0.25, -0.2) is 0 Å². The van der Waals surface area contributed by atoms with Gasteiger partial charge < -0.3 is 5.73 Å². The second-order valence-corrected chi connectivity index (χ2v) is 6.99. The molecule has 1 saturated carbocycles. The molecule has 4 nitrogen and oxygen atoms in total. The summed E-state index contributed by atoms with van der Waals surface area (Å²) in [5, 5.41) is 9.50. The third-order valence-corrected chi connectivity index (χ3v) is 5.55. The lowest BCUT2D eigenvalue weighted by Gasteiger charge is -2.46. The van der Waals surface area contributed by atoms with E-state index in [1.165, 1.54) is 19.3 Å². The highest BCUT2D eigenvalue weighted by Crippen LogP contribution is 2.37. The molecule has 5 atom stereocenters. The summed E-state index contributed by atoms with van der Waals surface area (Å²) in [7, 11) is 0. The molecule has 21 heavy (non-hydrogen) atoms. The fourth-order valence-corrected chi connectivity index (χ4v) is 4.25.